The van der Waals surface area contributed by atoms with Gasteiger partial charge in [-0.05, 0) is 24.7 Å². The number of benzene rings is 1. The van der Waals surface area contributed by atoms with E-state index in [1.807, 2.05) is 0 Å². The normalized spacial score (nSPS) is 11.2. The van der Waals surface area contributed by atoms with E-state index < -0.39 is 12.7 Å². The summed E-state index contributed by atoms with van der Waals surface area (Å²) in [6.07, 6.45) is -4.17. The van der Waals surface area contributed by atoms with Crippen molar-refractivity contribution in [1.29, 1.82) is 0 Å². The summed E-state index contributed by atoms with van der Waals surface area (Å²) in [6.45, 7) is -0.373. The van der Waals surface area contributed by atoms with Crippen LogP contribution in [0.25, 0.3) is 0 Å². The van der Waals surface area contributed by atoms with Gasteiger partial charge in [-0.3, -0.25) is 4.90 Å². The summed E-state index contributed by atoms with van der Waals surface area (Å²) in [5.74, 6) is 5.57. The molecule has 2 N–H and O–H groups in total. The standard InChI is InChI=1S/C13H15F3N2/c1-18(10-13(14,15)16)9-12-6-4-11(5-7-12)3-2-8-17/h4-7H,8-10,17H2,1H3. The monoisotopic (exact) mass is 256 g/mol. The van der Waals surface area contributed by atoms with E-state index in [1.54, 1.807) is 24.3 Å². The fraction of sp³-hybridized carbons (Fsp3) is 0.385. The Hall–Kier alpha value is -1.51. The lowest BCUT2D eigenvalue weighted by Crippen LogP contribution is -2.30. The lowest BCUT2D eigenvalue weighted by molar-refractivity contribution is -0.144. The van der Waals surface area contributed by atoms with Gasteiger partial charge in [-0.1, -0.05) is 24.0 Å². The number of nitrogens with zero attached hydrogens (tertiary/aromatic N) is 1. The third kappa shape index (κ3) is 5.71. The first kappa shape index (κ1) is 14.6. The molecule has 2 nitrogen and oxygen atoms in total. The molecule has 1 aromatic carbocycles. The summed E-state index contributed by atoms with van der Waals surface area (Å²) < 4.78 is 36.4. The number of nitrogens with two attached hydrogens (primary N) is 1. The van der Waals surface area contributed by atoms with Gasteiger partial charge in [0.15, 0.2) is 0 Å². The van der Waals surface area contributed by atoms with Gasteiger partial charge in [0.1, 0.15) is 0 Å². The van der Waals surface area contributed by atoms with Crippen molar-refractivity contribution in [3.05, 3.63) is 35.4 Å². The first-order valence-corrected chi connectivity index (χ1v) is 5.44. The molecule has 0 fully saturated rings. The quantitative estimate of drug-likeness (QED) is 0.838. The van der Waals surface area contributed by atoms with Gasteiger partial charge >= 0.3 is 6.18 Å². The average Bonchev–Trinajstić information content (AvgIpc) is 2.25. The highest BCUT2D eigenvalue weighted by Crippen LogP contribution is 2.17. The highest BCUT2D eigenvalue weighted by atomic mass is 19.4. The second-order valence-electron chi connectivity index (χ2n) is 3.99. The van der Waals surface area contributed by atoms with Crippen molar-refractivity contribution in [3.63, 3.8) is 0 Å². The molecular weight excluding hydrogens is 241 g/mol. The van der Waals surface area contributed by atoms with E-state index in [4.69, 9.17) is 5.73 Å². The van der Waals surface area contributed by atoms with Crippen LogP contribution in [0.1, 0.15) is 11.1 Å². The summed E-state index contributed by atoms with van der Waals surface area (Å²) in [6, 6.07) is 7.10. The molecule has 0 aliphatic carbocycles. The van der Waals surface area contributed by atoms with Crippen LogP contribution in [0, 0.1) is 11.8 Å². The van der Waals surface area contributed by atoms with Crippen LogP contribution in [0.15, 0.2) is 24.3 Å². The van der Waals surface area contributed by atoms with Crippen LogP contribution in [-0.4, -0.2) is 31.2 Å². The minimum atomic E-state index is -4.17. The molecule has 98 valence electrons. The van der Waals surface area contributed by atoms with Gasteiger partial charge in [-0.2, -0.15) is 13.2 Å². The highest BCUT2D eigenvalue weighted by Gasteiger charge is 2.28. The van der Waals surface area contributed by atoms with Gasteiger partial charge in [0.25, 0.3) is 0 Å². The molecule has 0 amide bonds. The number of rotatable bonds is 3. The Bertz CT molecular complexity index is 426. The van der Waals surface area contributed by atoms with Gasteiger partial charge in [0, 0.05) is 12.1 Å². The van der Waals surface area contributed by atoms with E-state index in [2.05, 4.69) is 11.8 Å². The fourth-order valence-electron chi connectivity index (χ4n) is 1.52. The molecule has 1 rings (SSSR count). The Morgan fingerprint density at radius 2 is 1.83 bits per heavy atom. The molecule has 0 spiro atoms. The Balaban J connectivity index is 2.58. The maximum absolute atomic E-state index is 12.1. The van der Waals surface area contributed by atoms with Crippen molar-refractivity contribution in [2.24, 2.45) is 5.73 Å². The van der Waals surface area contributed by atoms with Gasteiger partial charge in [-0.25, -0.2) is 0 Å². The number of hydrogen-bond donors (Lipinski definition) is 1. The second-order valence-corrected chi connectivity index (χ2v) is 3.99. The lowest BCUT2D eigenvalue weighted by Gasteiger charge is -2.18. The van der Waals surface area contributed by atoms with Gasteiger partial charge in [0.2, 0.25) is 0 Å². The van der Waals surface area contributed by atoms with Crippen LogP contribution in [0.2, 0.25) is 0 Å². The second kappa shape index (κ2) is 6.43. The van der Waals surface area contributed by atoms with Crippen LogP contribution >= 0.6 is 0 Å². The number of hydrogen-bond acceptors (Lipinski definition) is 2. The van der Waals surface area contributed by atoms with Crippen LogP contribution in [0.4, 0.5) is 13.2 Å². The van der Waals surface area contributed by atoms with Crippen molar-refractivity contribution >= 4 is 0 Å². The van der Waals surface area contributed by atoms with Gasteiger partial charge in [-0.15, -0.1) is 0 Å². The Morgan fingerprint density at radius 3 is 2.33 bits per heavy atom. The zero-order valence-electron chi connectivity index (χ0n) is 10.1. The van der Waals surface area contributed by atoms with Gasteiger partial charge < -0.3 is 5.73 Å². The van der Waals surface area contributed by atoms with E-state index in [0.29, 0.717) is 0 Å². The molecule has 0 bridgehead atoms. The molecular formula is C13H15F3N2. The SMILES string of the molecule is CN(Cc1ccc(C#CCN)cc1)CC(F)(F)F. The summed E-state index contributed by atoms with van der Waals surface area (Å²) in [4.78, 5) is 1.22. The molecule has 0 unspecified atom stereocenters. The maximum Gasteiger partial charge on any atom is 0.401 e. The minimum Gasteiger partial charge on any atom is -0.320 e. The molecule has 0 aliphatic rings. The van der Waals surface area contributed by atoms with Crippen LogP contribution in [-0.2, 0) is 6.54 Å². The smallest absolute Gasteiger partial charge is 0.320 e. The first-order valence-electron chi connectivity index (χ1n) is 5.44. The molecule has 1 aromatic rings. The largest absolute Gasteiger partial charge is 0.401 e. The number of halogens is 3. The van der Waals surface area contributed by atoms with Crippen molar-refractivity contribution in [2.75, 3.05) is 20.1 Å². The highest BCUT2D eigenvalue weighted by molar-refractivity contribution is 5.36. The molecule has 0 aromatic heterocycles. The zero-order valence-corrected chi connectivity index (χ0v) is 10.1. The molecule has 0 atom stereocenters. The third-order valence-corrected chi connectivity index (χ3v) is 2.19. The van der Waals surface area contributed by atoms with Crippen molar-refractivity contribution in [2.45, 2.75) is 12.7 Å². The van der Waals surface area contributed by atoms with E-state index in [9.17, 15) is 13.2 Å². The van der Waals surface area contributed by atoms with E-state index in [1.165, 1.54) is 11.9 Å². The molecule has 0 heterocycles. The topological polar surface area (TPSA) is 29.3 Å². The average molecular weight is 256 g/mol. The molecule has 0 radical (unpaired) electrons. The molecule has 0 saturated carbocycles. The third-order valence-electron chi connectivity index (χ3n) is 2.19. The Labute approximate surface area is 105 Å². The predicted octanol–water partition coefficient (Wildman–Crippen LogP) is 1.99. The molecule has 18 heavy (non-hydrogen) atoms. The summed E-state index contributed by atoms with van der Waals surface area (Å²) >= 11 is 0. The predicted molar refractivity (Wildman–Crippen MR) is 64.8 cm³/mol. The van der Waals surface area contributed by atoms with E-state index in [0.717, 1.165) is 11.1 Å². The minimum absolute atomic E-state index is 0.254. The number of alkyl halides is 3. The van der Waals surface area contributed by atoms with Crippen LogP contribution < -0.4 is 5.73 Å². The summed E-state index contributed by atoms with van der Waals surface area (Å²) in [5, 5.41) is 0. The summed E-state index contributed by atoms with van der Waals surface area (Å²) in [5.41, 5.74) is 6.87. The van der Waals surface area contributed by atoms with E-state index >= 15 is 0 Å². The van der Waals surface area contributed by atoms with Gasteiger partial charge in [0.05, 0.1) is 13.1 Å². The van der Waals surface area contributed by atoms with Crippen molar-refractivity contribution < 1.29 is 13.2 Å². The Kier molecular flexibility index (Phi) is 5.20. The first-order chi connectivity index (χ1) is 8.40. The molecule has 5 heteroatoms. The Morgan fingerprint density at radius 1 is 1.22 bits per heavy atom. The van der Waals surface area contributed by atoms with Crippen molar-refractivity contribution in [1.82, 2.24) is 4.90 Å². The summed E-state index contributed by atoms with van der Waals surface area (Å²) in [7, 11) is 1.44. The maximum atomic E-state index is 12.1. The van der Waals surface area contributed by atoms with Crippen LogP contribution in [0.5, 0.6) is 0 Å². The van der Waals surface area contributed by atoms with Crippen molar-refractivity contribution in [3.8, 4) is 11.8 Å². The van der Waals surface area contributed by atoms with E-state index in [-0.39, 0.29) is 13.1 Å². The zero-order chi connectivity index (χ0) is 13.6. The molecule has 0 aliphatic heterocycles. The lowest BCUT2D eigenvalue weighted by atomic mass is 10.1. The molecule has 0 saturated heterocycles. The van der Waals surface area contributed by atoms with Crippen LogP contribution in [0.3, 0.4) is 0 Å². The fourth-order valence-corrected chi connectivity index (χ4v) is 1.52.